The Balaban J connectivity index is 1.43. The molecule has 1 aliphatic heterocycles. The predicted octanol–water partition coefficient (Wildman–Crippen LogP) is 1.59. The van der Waals surface area contributed by atoms with Crippen LogP contribution in [0.2, 0.25) is 0 Å². The molecule has 2 amide bonds. The Morgan fingerprint density at radius 2 is 1.70 bits per heavy atom. The van der Waals surface area contributed by atoms with Crippen molar-refractivity contribution >= 4 is 18.0 Å². The third kappa shape index (κ3) is 4.55. The van der Waals surface area contributed by atoms with Crippen LogP contribution in [0.1, 0.15) is 23.5 Å². The molecule has 4 rings (SSSR count). The average molecular weight is 454 g/mol. The van der Waals surface area contributed by atoms with Crippen molar-refractivity contribution in [3.8, 4) is 11.1 Å². The Kier molecular flexibility index (Phi) is 6.62. The molecule has 2 aromatic rings. The minimum Gasteiger partial charge on any atom is -0.480 e. The summed E-state index contributed by atoms with van der Waals surface area (Å²) < 4.78 is 10.5. The molecule has 0 spiro atoms. The van der Waals surface area contributed by atoms with E-state index in [1.807, 2.05) is 48.5 Å². The maximum absolute atomic E-state index is 12.9. The highest BCUT2D eigenvalue weighted by atomic mass is 16.5. The summed E-state index contributed by atoms with van der Waals surface area (Å²) in [6.45, 7) is -0.210. The van der Waals surface area contributed by atoms with Gasteiger partial charge in [0.25, 0.3) is 0 Å². The van der Waals surface area contributed by atoms with Crippen molar-refractivity contribution in [3.05, 3.63) is 59.7 Å². The zero-order valence-electron chi connectivity index (χ0n) is 18.1. The molecule has 1 aliphatic carbocycles. The lowest BCUT2D eigenvalue weighted by molar-refractivity contribution is -0.149. The van der Waals surface area contributed by atoms with Crippen LogP contribution in [-0.2, 0) is 19.1 Å². The Morgan fingerprint density at radius 3 is 2.27 bits per heavy atom. The van der Waals surface area contributed by atoms with Gasteiger partial charge in [0, 0.05) is 26.0 Å². The van der Waals surface area contributed by atoms with E-state index in [2.05, 4.69) is 5.32 Å². The fraction of sp³-hybridized carbons (Fsp3) is 0.375. The number of ether oxygens (including phenoxy) is 2. The van der Waals surface area contributed by atoms with Gasteiger partial charge in [0.2, 0.25) is 5.91 Å². The van der Waals surface area contributed by atoms with Gasteiger partial charge in [-0.2, -0.15) is 0 Å². The Bertz CT molecular complexity index is 1010. The zero-order chi connectivity index (χ0) is 23.5. The van der Waals surface area contributed by atoms with Crippen LogP contribution >= 0.6 is 0 Å². The number of aliphatic hydroxyl groups is 1. The van der Waals surface area contributed by atoms with E-state index < -0.39 is 36.2 Å². The summed E-state index contributed by atoms with van der Waals surface area (Å²) in [7, 11) is 1.37. The molecule has 2 aliphatic rings. The van der Waals surface area contributed by atoms with E-state index in [9.17, 15) is 24.6 Å². The number of fused-ring (bicyclic) bond motifs is 3. The second kappa shape index (κ2) is 9.60. The quantitative estimate of drug-likeness (QED) is 0.580. The van der Waals surface area contributed by atoms with E-state index in [1.54, 1.807) is 0 Å². The number of hydrogen-bond acceptors (Lipinski definition) is 6. The van der Waals surface area contributed by atoms with Crippen LogP contribution in [0, 0.1) is 0 Å². The molecule has 174 valence electrons. The number of rotatable bonds is 7. The highest BCUT2D eigenvalue weighted by Gasteiger charge is 2.41. The number of carboxylic acids is 1. The number of aliphatic carboxylic acids is 1. The van der Waals surface area contributed by atoms with E-state index in [-0.39, 0.29) is 32.1 Å². The summed E-state index contributed by atoms with van der Waals surface area (Å²) >= 11 is 0. The summed E-state index contributed by atoms with van der Waals surface area (Å²) in [5.74, 6) is -1.99. The van der Waals surface area contributed by atoms with Crippen molar-refractivity contribution in [2.45, 2.75) is 30.5 Å². The zero-order valence-corrected chi connectivity index (χ0v) is 18.1. The molecule has 1 unspecified atom stereocenters. The van der Waals surface area contributed by atoms with Crippen LogP contribution in [0.15, 0.2) is 48.5 Å². The third-order valence-corrected chi connectivity index (χ3v) is 6.11. The number of alkyl carbamates (subject to hydrolysis) is 1. The number of methoxy groups -OCH3 is 1. The first-order valence-electron chi connectivity index (χ1n) is 10.7. The van der Waals surface area contributed by atoms with Gasteiger partial charge in [-0.05, 0) is 22.3 Å². The van der Waals surface area contributed by atoms with Gasteiger partial charge in [0.05, 0.1) is 12.7 Å². The topological polar surface area (TPSA) is 125 Å². The molecule has 9 heteroatoms. The summed E-state index contributed by atoms with van der Waals surface area (Å²) in [6.07, 6.45) is -1.81. The number of likely N-dealkylation sites (tertiary alicyclic amines) is 1. The summed E-state index contributed by atoms with van der Waals surface area (Å²) in [4.78, 5) is 38.0. The number of amides is 2. The summed E-state index contributed by atoms with van der Waals surface area (Å²) in [5, 5.41) is 21.7. The average Bonchev–Trinajstić information content (AvgIpc) is 3.35. The first kappa shape index (κ1) is 22.8. The fourth-order valence-electron chi connectivity index (χ4n) is 4.62. The minimum atomic E-state index is -1.21. The molecule has 9 nitrogen and oxygen atoms in total. The molecule has 1 fully saturated rings. The lowest BCUT2D eigenvalue weighted by Crippen LogP contribution is -2.53. The monoisotopic (exact) mass is 454 g/mol. The van der Waals surface area contributed by atoms with Crippen molar-refractivity contribution in [2.24, 2.45) is 0 Å². The van der Waals surface area contributed by atoms with E-state index in [4.69, 9.17) is 9.47 Å². The number of carbonyl (C=O) groups excluding carboxylic acids is 2. The molecule has 33 heavy (non-hydrogen) atoms. The third-order valence-electron chi connectivity index (χ3n) is 6.11. The molecule has 0 aromatic heterocycles. The number of nitrogens with one attached hydrogen (secondary N) is 1. The van der Waals surface area contributed by atoms with Crippen molar-refractivity contribution in [1.29, 1.82) is 0 Å². The van der Waals surface area contributed by atoms with Gasteiger partial charge < -0.3 is 29.9 Å². The van der Waals surface area contributed by atoms with Gasteiger partial charge in [-0.15, -0.1) is 0 Å². The number of benzene rings is 2. The number of aliphatic hydroxyl groups excluding tert-OH is 1. The second-order valence-corrected chi connectivity index (χ2v) is 8.21. The molecular weight excluding hydrogens is 428 g/mol. The SMILES string of the molecule is COC[C@H](NC(=O)OCC1c2ccccc2-c2ccccc21)C(=O)N1CC(O)C[C@H]1C(=O)O. The molecule has 0 bridgehead atoms. The number of β-amino-alcohol motifs (C(OH)–C–C–N with tert-alkyl or cyclic N) is 1. The Hall–Kier alpha value is -3.43. The van der Waals surface area contributed by atoms with E-state index in [1.165, 1.54) is 7.11 Å². The van der Waals surface area contributed by atoms with Crippen LogP contribution in [0.3, 0.4) is 0 Å². The number of carbonyl (C=O) groups is 3. The molecule has 0 saturated carbocycles. The molecule has 1 heterocycles. The lowest BCUT2D eigenvalue weighted by Gasteiger charge is -2.26. The fourth-order valence-corrected chi connectivity index (χ4v) is 4.62. The van der Waals surface area contributed by atoms with E-state index in [0.29, 0.717) is 0 Å². The van der Waals surface area contributed by atoms with Gasteiger partial charge in [0.1, 0.15) is 18.7 Å². The molecule has 1 saturated heterocycles. The maximum atomic E-state index is 12.9. The molecular formula is C24H26N2O7. The van der Waals surface area contributed by atoms with Crippen LogP contribution in [0.4, 0.5) is 4.79 Å². The van der Waals surface area contributed by atoms with Gasteiger partial charge in [-0.1, -0.05) is 48.5 Å². The number of carboxylic acid groups (broad SMARTS) is 1. The van der Waals surface area contributed by atoms with Crippen molar-refractivity contribution < 1.29 is 34.1 Å². The normalized spacial score (nSPS) is 20.1. The molecule has 2 aromatic carbocycles. The van der Waals surface area contributed by atoms with Gasteiger partial charge in [-0.3, -0.25) is 4.79 Å². The first-order chi connectivity index (χ1) is 15.9. The summed E-state index contributed by atoms with van der Waals surface area (Å²) in [6, 6.07) is 13.6. The Morgan fingerprint density at radius 1 is 1.09 bits per heavy atom. The molecule has 3 N–H and O–H groups in total. The summed E-state index contributed by atoms with van der Waals surface area (Å²) in [5.41, 5.74) is 4.32. The maximum Gasteiger partial charge on any atom is 0.407 e. The van der Waals surface area contributed by atoms with Gasteiger partial charge >= 0.3 is 12.1 Å². The number of hydrogen-bond donors (Lipinski definition) is 3. The standard InChI is InChI=1S/C24H26N2O7/c1-32-13-20(22(28)26-11-14(27)10-21(26)23(29)30)25-24(31)33-12-19-17-8-4-2-6-15(17)16-7-3-5-9-18(16)19/h2-9,14,19-21,27H,10-13H2,1H3,(H,25,31)(H,29,30)/t14?,20-,21-/m0/s1. The molecule has 3 atom stereocenters. The van der Waals surface area contributed by atoms with Crippen molar-refractivity contribution in [1.82, 2.24) is 10.2 Å². The highest BCUT2D eigenvalue weighted by Crippen LogP contribution is 2.44. The molecule has 0 radical (unpaired) electrons. The first-order valence-corrected chi connectivity index (χ1v) is 10.7. The van der Waals surface area contributed by atoms with Gasteiger partial charge in [0.15, 0.2) is 0 Å². The van der Waals surface area contributed by atoms with Crippen LogP contribution in [0.5, 0.6) is 0 Å². The van der Waals surface area contributed by atoms with Crippen molar-refractivity contribution in [2.75, 3.05) is 26.9 Å². The van der Waals surface area contributed by atoms with Crippen LogP contribution in [-0.4, -0.2) is 78.1 Å². The number of nitrogens with zero attached hydrogens (tertiary/aromatic N) is 1. The van der Waals surface area contributed by atoms with E-state index >= 15 is 0 Å². The smallest absolute Gasteiger partial charge is 0.407 e. The second-order valence-electron chi connectivity index (χ2n) is 8.21. The Labute approximate surface area is 190 Å². The highest BCUT2D eigenvalue weighted by molar-refractivity contribution is 5.90. The van der Waals surface area contributed by atoms with Crippen molar-refractivity contribution in [3.63, 3.8) is 0 Å². The largest absolute Gasteiger partial charge is 0.480 e. The van der Waals surface area contributed by atoms with Gasteiger partial charge in [-0.25, -0.2) is 9.59 Å². The van der Waals surface area contributed by atoms with Crippen LogP contribution < -0.4 is 5.32 Å². The lowest BCUT2D eigenvalue weighted by atomic mass is 9.98. The van der Waals surface area contributed by atoms with E-state index in [0.717, 1.165) is 27.2 Å². The van der Waals surface area contributed by atoms with Crippen LogP contribution in [0.25, 0.3) is 11.1 Å². The minimum absolute atomic E-state index is 0.0638. The predicted molar refractivity (Wildman–Crippen MR) is 118 cm³/mol.